The maximum Gasteiger partial charge on any atom is 0.223 e. The van der Waals surface area contributed by atoms with E-state index in [4.69, 9.17) is 5.26 Å². The first-order chi connectivity index (χ1) is 11.7. The van der Waals surface area contributed by atoms with Crippen molar-refractivity contribution >= 4 is 5.91 Å². The number of fused-ring (bicyclic) bond motifs is 1. The number of benzene rings is 2. The van der Waals surface area contributed by atoms with Crippen LogP contribution in [0, 0.1) is 11.3 Å². The number of aryl methyl sites for hydroxylation is 2. The number of nitriles is 1. The molecule has 1 atom stereocenters. The molecule has 3 heteroatoms. The van der Waals surface area contributed by atoms with Gasteiger partial charge in [0.1, 0.15) is 0 Å². The Morgan fingerprint density at radius 3 is 2.71 bits per heavy atom. The summed E-state index contributed by atoms with van der Waals surface area (Å²) in [6.07, 6.45) is 4.50. The lowest BCUT2D eigenvalue weighted by Gasteiger charge is -2.33. The third-order valence-electron chi connectivity index (χ3n) is 4.91. The minimum atomic E-state index is 0.182. The van der Waals surface area contributed by atoms with Crippen LogP contribution < -0.4 is 0 Å². The van der Waals surface area contributed by atoms with Crippen LogP contribution in [-0.2, 0) is 17.6 Å². The standard InChI is InChI=1S/C21H22N2O/c1-23(20-8-4-6-18-5-2-3-7-19(18)20)21(24)14-13-16-9-11-17(15-22)12-10-16/h2-3,5,7,9-12,20H,4,6,8,13-14H2,1H3. The minimum Gasteiger partial charge on any atom is -0.339 e. The Morgan fingerprint density at radius 1 is 1.21 bits per heavy atom. The second-order valence-electron chi connectivity index (χ2n) is 6.42. The van der Waals surface area contributed by atoms with Crippen molar-refractivity contribution in [1.29, 1.82) is 5.26 Å². The van der Waals surface area contributed by atoms with E-state index in [1.807, 2.05) is 24.1 Å². The number of hydrogen-bond acceptors (Lipinski definition) is 2. The summed E-state index contributed by atoms with van der Waals surface area (Å²) in [5.41, 5.74) is 4.43. The Hall–Kier alpha value is -2.60. The summed E-state index contributed by atoms with van der Waals surface area (Å²) in [5.74, 6) is 0.182. The molecule has 3 nitrogen and oxygen atoms in total. The number of carbonyl (C=O) groups is 1. The van der Waals surface area contributed by atoms with Gasteiger partial charge < -0.3 is 4.90 Å². The van der Waals surface area contributed by atoms with Crippen LogP contribution in [0.3, 0.4) is 0 Å². The fourth-order valence-corrected chi connectivity index (χ4v) is 3.48. The summed E-state index contributed by atoms with van der Waals surface area (Å²) in [6.45, 7) is 0. The summed E-state index contributed by atoms with van der Waals surface area (Å²) in [6, 6.07) is 18.3. The Bertz CT molecular complexity index is 758. The summed E-state index contributed by atoms with van der Waals surface area (Å²) in [7, 11) is 1.92. The van der Waals surface area contributed by atoms with E-state index in [1.54, 1.807) is 12.1 Å². The van der Waals surface area contributed by atoms with E-state index in [0.29, 0.717) is 18.4 Å². The van der Waals surface area contributed by atoms with Crippen molar-refractivity contribution in [2.45, 2.75) is 38.1 Å². The fraction of sp³-hybridized carbons (Fsp3) is 0.333. The average Bonchev–Trinajstić information content (AvgIpc) is 2.65. The first kappa shape index (κ1) is 16.3. The SMILES string of the molecule is CN(C(=O)CCc1ccc(C#N)cc1)C1CCCc2ccccc21. The van der Waals surface area contributed by atoms with E-state index < -0.39 is 0 Å². The van der Waals surface area contributed by atoms with Gasteiger partial charge in [0.05, 0.1) is 17.7 Å². The highest BCUT2D eigenvalue weighted by atomic mass is 16.2. The van der Waals surface area contributed by atoms with Gasteiger partial charge in [-0.25, -0.2) is 0 Å². The molecule has 1 amide bonds. The van der Waals surface area contributed by atoms with Crippen molar-refractivity contribution in [2.75, 3.05) is 7.05 Å². The molecular weight excluding hydrogens is 296 g/mol. The molecule has 0 fully saturated rings. The van der Waals surface area contributed by atoms with Crippen molar-refractivity contribution < 1.29 is 4.79 Å². The van der Waals surface area contributed by atoms with Gasteiger partial charge in [-0.3, -0.25) is 4.79 Å². The van der Waals surface area contributed by atoms with E-state index in [9.17, 15) is 4.79 Å². The van der Waals surface area contributed by atoms with E-state index in [0.717, 1.165) is 24.8 Å². The summed E-state index contributed by atoms with van der Waals surface area (Å²) in [5, 5.41) is 8.83. The molecule has 0 saturated heterocycles. The molecule has 122 valence electrons. The fourth-order valence-electron chi connectivity index (χ4n) is 3.48. The third kappa shape index (κ3) is 3.49. The van der Waals surface area contributed by atoms with Crippen LogP contribution in [0.4, 0.5) is 0 Å². The number of amides is 1. The van der Waals surface area contributed by atoms with Crippen LogP contribution in [0.15, 0.2) is 48.5 Å². The molecule has 1 aliphatic rings. The van der Waals surface area contributed by atoms with Crippen molar-refractivity contribution in [1.82, 2.24) is 4.90 Å². The van der Waals surface area contributed by atoms with Crippen LogP contribution >= 0.6 is 0 Å². The van der Waals surface area contributed by atoms with Gasteiger partial charge in [0.25, 0.3) is 0 Å². The van der Waals surface area contributed by atoms with Crippen LogP contribution in [0.5, 0.6) is 0 Å². The first-order valence-electron chi connectivity index (χ1n) is 8.51. The summed E-state index contributed by atoms with van der Waals surface area (Å²) < 4.78 is 0. The maximum absolute atomic E-state index is 12.6. The molecule has 1 unspecified atom stereocenters. The monoisotopic (exact) mass is 318 g/mol. The second-order valence-corrected chi connectivity index (χ2v) is 6.42. The lowest BCUT2D eigenvalue weighted by atomic mass is 9.87. The minimum absolute atomic E-state index is 0.182. The molecular formula is C21H22N2O. The zero-order valence-corrected chi connectivity index (χ0v) is 14.0. The Morgan fingerprint density at radius 2 is 1.96 bits per heavy atom. The summed E-state index contributed by atoms with van der Waals surface area (Å²) >= 11 is 0. The van der Waals surface area contributed by atoms with Gasteiger partial charge in [0.15, 0.2) is 0 Å². The summed E-state index contributed by atoms with van der Waals surface area (Å²) in [4.78, 5) is 14.5. The molecule has 0 aliphatic heterocycles. The van der Waals surface area contributed by atoms with Crippen LogP contribution in [-0.4, -0.2) is 17.9 Å². The number of carbonyl (C=O) groups excluding carboxylic acids is 1. The van der Waals surface area contributed by atoms with Crippen molar-refractivity contribution in [3.8, 4) is 6.07 Å². The molecule has 3 rings (SSSR count). The lowest BCUT2D eigenvalue weighted by Crippen LogP contribution is -2.33. The molecule has 0 heterocycles. The Kier molecular flexibility index (Phi) is 4.96. The molecule has 0 saturated carbocycles. The molecule has 1 aliphatic carbocycles. The zero-order chi connectivity index (χ0) is 16.9. The number of nitrogens with zero attached hydrogens (tertiary/aromatic N) is 2. The topological polar surface area (TPSA) is 44.1 Å². The molecule has 0 aromatic heterocycles. The highest BCUT2D eigenvalue weighted by molar-refractivity contribution is 5.76. The molecule has 0 radical (unpaired) electrons. The van der Waals surface area contributed by atoms with Gasteiger partial charge in [0.2, 0.25) is 5.91 Å². The van der Waals surface area contributed by atoms with Gasteiger partial charge in [-0.2, -0.15) is 5.26 Å². The average molecular weight is 318 g/mol. The van der Waals surface area contributed by atoms with Crippen LogP contribution in [0.25, 0.3) is 0 Å². The first-order valence-corrected chi connectivity index (χ1v) is 8.51. The second kappa shape index (κ2) is 7.31. The predicted octanol–water partition coefficient (Wildman–Crippen LogP) is 4.03. The smallest absolute Gasteiger partial charge is 0.223 e. The molecule has 2 aromatic carbocycles. The van der Waals surface area contributed by atoms with Crippen molar-refractivity contribution in [2.24, 2.45) is 0 Å². The highest BCUT2D eigenvalue weighted by Gasteiger charge is 2.26. The van der Waals surface area contributed by atoms with Gasteiger partial charge in [-0.1, -0.05) is 36.4 Å². The molecule has 0 spiro atoms. The molecule has 0 N–H and O–H groups in total. The van der Waals surface area contributed by atoms with Crippen LogP contribution in [0.2, 0.25) is 0 Å². The molecule has 0 bridgehead atoms. The quantitative estimate of drug-likeness (QED) is 0.854. The normalized spacial score (nSPS) is 16.1. The lowest BCUT2D eigenvalue weighted by molar-refractivity contribution is -0.132. The maximum atomic E-state index is 12.6. The number of rotatable bonds is 4. The van der Waals surface area contributed by atoms with E-state index in [1.165, 1.54) is 11.1 Å². The van der Waals surface area contributed by atoms with Crippen molar-refractivity contribution in [3.05, 3.63) is 70.8 Å². The Balaban J connectivity index is 1.64. The van der Waals surface area contributed by atoms with Crippen LogP contribution in [0.1, 0.15) is 47.6 Å². The molecule has 2 aromatic rings. The zero-order valence-electron chi connectivity index (χ0n) is 14.0. The van der Waals surface area contributed by atoms with Gasteiger partial charge in [-0.05, 0) is 54.5 Å². The van der Waals surface area contributed by atoms with Gasteiger partial charge >= 0.3 is 0 Å². The highest BCUT2D eigenvalue weighted by Crippen LogP contribution is 2.33. The van der Waals surface area contributed by atoms with Crippen molar-refractivity contribution in [3.63, 3.8) is 0 Å². The third-order valence-corrected chi connectivity index (χ3v) is 4.91. The molecule has 24 heavy (non-hydrogen) atoms. The van der Waals surface area contributed by atoms with Gasteiger partial charge in [-0.15, -0.1) is 0 Å². The van der Waals surface area contributed by atoms with E-state index >= 15 is 0 Å². The number of hydrogen-bond donors (Lipinski definition) is 0. The Labute approximate surface area is 143 Å². The van der Waals surface area contributed by atoms with Gasteiger partial charge in [0, 0.05) is 13.5 Å². The predicted molar refractivity (Wildman–Crippen MR) is 94.4 cm³/mol. The van der Waals surface area contributed by atoms with E-state index in [2.05, 4.69) is 30.3 Å². The van der Waals surface area contributed by atoms with E-state index in [-0.39, 0.29) is 11.9 Å². The largest absolute Gasteiger partial charge is 0.339 e.